The molecule has 1 aliphatic rings. The van der Waals surface area contributed by atoms with Gasteiger partial charge in [-0.25, -0.2) is 8.78 Å². The lowest BCUT2D eigenvalue weighted by molar-refractivity contribution is 0.238. The highest BCUT2D eigenvalue weighted by Gasteiger charge is 2.23. The average molecular weight is 255 g/mol. The highest BCUT2D eigenvalue weighted by atomic mass is 19.1. The van der Waals surface area contributed by atoms with Gasteiger partial charge in [0, 0.05) is 5.56 Å². The third-order valence-electron chi connectivity index (χ3n) is 3.48. The third kappa shape index (κ3) is 2.99. The molecule has 0 radical (unpaired) electrons. The molecule has 0 saturated carbocycles. The summed E-state index contributed by atoms with van der Waals surface area (Å²) < 4.78 is 31.2. The molecule has 4 heteroatoms. The third-order valence-corrected chi connectivity index (χ3v) is 3.48. The van der Waals surface area contributed by atoms with Crippen molar-refractivity contribution in [3.8, 4) is 5.75 Å². The van der Waals surface area contributed by atoms with Crippen LogP contribution in [0.5, 0.6) is 5.75 Å². The summed E-state index contributed by atoms with van der Waals surface area (Å²) in [5.41, 5.74) is 0.886. The lowest BCUT2D eigenvalue weighted by atomic mass is 9.89. The fourth-order valence-electron chi connectivity index (χ4n) is 2.46. The van der Waals surface area contributed by atoms with Crippen LogP contribution in [0.15, 0.2) is 18.2 Å². The number of hydrogen-bond acceptors (Lipinski definition) is 2. The zero-order valence-corrected chi connectivity index (χ0v) is 10.7. The molecule has 0 bridgehead atoms. The molecular formula is C14H19F2NO. The van der Waals surface area contributed by atoms with Crippen LogP contribution < -0.4 is 4.74 Å². The van der Waals surface area contributed by atoms with Gasteiger partial charge in [0.1, 0.15) is 13.3 Å². The molecule has 1 aromatic carbocycles. The molecule has 100 valence electrons. The summed E-state index contributed by atoms with van der Waals surface area (Å²) in [5, 5.41) is 0. The molecule has 0 aromatic heterocycles. The minimum absolute atomic E-state index is 0.0828. The lowest BCUT2D eigenvalue weighted by Gasteiger charge is -2.30. The van der Waals surface area contributed by atoms with Crippen molar-refractivity contribution in [2.24, 2.45) is 0 Å². The number of likely N-dealkylation sites (tertiary alicyclic amines) is 1. The van der Waals surface area contributed by atoms with E-state index in [2.05, 4.69) is 11.9 Å². The first kappa shape index (κ1) is 13.3. The molecule has 1 fully saturated rings. The maximum absolute atomic E-state index is 13.7. The van der Waals surface area contributed by atoms with Crippen molar-refractivity contribution >= 4 is 0 Å². The van der Waals surface area contributed by atoms with Crippen LogP contribution in [-0.4, -0.2) is 38.3 Å². The van der Waals surface area contributed by atoms with E-state index in [0.717, 1.165) is 31.5 Å². The van der Waals surface area contributed by atoms with Crippen LogP contribution in [0, 0.1) is 5.82 Å². The molecular weight excluding hydrogens is 236 g/mol. The molecule has 1 aliphatic heterocycles. The summed E-state index contributed by atoms with van der Waals surface area (Å²) in [4.78, 5) is 2.26. The van der Waals surface area contributed by atoms with E-state index >= 15 is 0 Å². The Morgan fingerprint density at radius 1 is 1.33 bits per heavy atom. The Bertz CT molecular complexity index is 389. The molecule has 0 amide bonds. The average Bonchev–Trinajstić information content (AvgIpc) is 2.38. The van der Waals surface area contributed by atoms with Crippen LogP contribution >= 0.6 is 0 Å². The Morgan fingerprint density at radius 2 is 2.06 bits per heavy atom. The van der Waals surface area contributed by atoms with E-state index in [4.69, 9.17) is 4.74 Å². The van der Waals surface area contributed by atoms with Gasteiger partial charge in [-0.3, -0.25) is 0 Å². The van der Waals surface area contributed by atoms with Crippen LogP contribution in [-0.2, 0) is 0 Å². The molecule has 1 saturated heterocycles. The zero-order chi connectivity index (χ0) is 13.0. The Hall–Kier alpha value is -1.16. The van der Waals surface area contributed by atoms with E-state index in [-0.39, 0.29) is 18.2 Å². The van der Waals surface area contributed by atoms with Gasteiger partial charge in [0.15, 0.2) is 11.6 Å². The largest absolute Gasteiger partial charge is 0.487 e. The summed E-state index contributed by atoms with van der Waals surface area (Å²) in [7, 11) is 2.09. The van der Waals surface area contributed by atoms with E-state index in [0.29, 0.717) is 5.92 Å². The Labute approximate surface area is 107 Å². The topological polar surface area (TPSA) is 12.5 Å². The summed E-state index contributed by atoms with van der Waals surface area (Å²) >= 11 is 0. The Balaban J connectivity index is 2.18. The van der Waals surface area contributed by atoms with Gasteiger partial charge in [-0.05, 0) is 45.0 Å². The van der Waals surface area contributed by atoms with E-state index in [9.17, 15) is 8.78 Å². The van der Waals surface area contributed by atoms with Gasteiger partial charge < -0.3 is 9.64 Å². The summed E-state index contributed by atoms with van der Waals surface area (Å²) in [5.74, 6) is 0.163. The fourth-order valence-corrected chi connectivity index (χ4v) is 2.46. The van der Waals surface area contributed by atoms with Crippen molar-refractivity contribution in [1.29, 1.82) is 0 Å². The van der Waals surface area contributed by atoms with Gasteiger partial charge in [-0.1, -0.05) is 12.1 Å². The minimum atomic E-state index is -0.596. The number of para-hydroxylation sites is 1. The first-order chi connectivity index (χ1) is 8.72. The van der Waals surface area contributed by atoms with Gasteiger partial charge in [-0.15, -0.1) is 0 Å². The number of rotatable bonds is 4. The van der Waals surface area contributed by atoms with E-state index < -0.39 is 6.67 Å². The van der Waals surface area contributed by atoms with Gasteiger partial charge in [0.2, 0.25) is 0 Å². The predicted molar refractivity (Wildman–Crippen MR) is 67.3 cm³/mol. The summed E-state index contributed by atoms with van der Waals surface area (Å²) in [6.45, 7) is 1.33. The number of hydrogen-bond donors (Lipinski definition) is 0. The SMILES string of the molecule is CN1CCC(c2cccc(F)c2OCCF)CC1. The minimum Gasteiger partial charge on any atom is -0.487 e. The van der Waals surface area contributed by atoms with Crippen LogP contribution in [0.1, 0.15) is 24.3 Å². The van der Waals surface area contributed by atoms with Crippen molar-refractivity contribution in [1.82, 2.24) is 4.90 Å². The van der Waals surface area contributed by atoms with Crippen LogP contribution in [0.25, 0.3) is 0 Å². The van der Waals surface area contributed by atoms with E-state index in [1.807, 2.05) is 6.07 Å². The quantitative estimate of drug-likeness (QED) is 0.820. The lowest BCUT2D eigenvalue weighted by Crippen LogP contribution is -2.29. The number of alkyl halides is 1. The molecule has 0 N–H and O–H groups in total. The number of nitrogens with zero attached hydrogens (tertiary/aromatic N) is 1. The summed E-state index contributed by atoms with van der Waals surface area (Å²) in [6, 6.07) is 4.96. The highest BCUT2D eigenvalue weighted by molar-refractivity contribution is 5.38. The molecule has 0 atom stereocenters. The van der Waals surface area contributed by atoms with Crippen molar-refractivity contribution in [3.05, 3.63) is 29.6 Å². The maximum atomic E-state index is 13.7. The van der Waals surface area contributed by atoms with Crippen molar-refractivity contribution < 1.29 is 13.5 Å². The van der Waals surface area contributed by atoms with Crippen molar-refractivity contribution in [3.63, 3.8) is 0 Å². The standard InChI is InChI=1S/C14H19F2NO/c1-17-8-5-11(6-9-17)12-3-2-4-13(16)14(12)18-10-7-15/h2-4,11H,5-10H2,1H3. The highest BCUT2D eigenvalue weighted by Crippen LogP contribution is 2.35. The fraction of sp³-hybridized carbons (Fsp3) is 0.571. The van der Waals surface area contributed by atoms with E-state index in [1.165, 1.54) is 6.07 Å². The van der Waals surface area contributed by atoms with Gasteiger partial charge in [0.25, 0.3) is 0 Å². The van der Waals surface area contributed by atoms with Crippen LogP contribution in [0.4, 0.5) is 8.78 Å². The first-order valence-corrected chi connectivity index (χ1v) is 6.38. The van der Waals surface area contributed by atoms with E-state index in [1.54, 1.807) is 6.07 Å². The Morgan fingerprint density at radius 3 is 2.72 bits per heavy atom. The molecule has 0 unspecified atom stereocenters. The number of ether oxygens (including phenoxy) is 1. The van der Waals surface area contributed by atoms with Crippen LogP contribution in [0.2, 0.25) is 0 Å². The second kappa shape index (κ2) is 6.14. The maximum Gasteiger partial charge on any atom is 0.165 e. The normalized spacial score (nSPS) is 17.9. The molecule has 2 nitrogen and oxygen atoms in total. The Kier molecular flexibility index (Phi) is 4.53. The van der Waals surface area contributed by atoms with Gasteiger partial charge in [-0.2, -0.15) is 0 Å². The van der Waals surface area contributed by atoms with Crippen molar-refractivity contribution in [2.75, 3.05) is 33.4 Å². The number of piperidine rings is 1. The molecule has 1 heterocycles. The number of halogens is 2. The monoisotopic (exact) mass is 255 g/mol. The van der Waals surface area contributed by atoms with Crippen LogP contribution in [0.3, 0.4) is 0 Å². The van der Waals surface area contributed by atoms with Crippen molar-refractivity contribution in [2.45, 2.75) is 18.8 Å². The molecule has 0 aliphatic carbocycles. The zero-order valence-electron chi connectivity index (χ0n) is 10.7. The number of benzene rings is 1. The molecule has 1 aromatic rings. The smallest absolute Gasteiger partial charge is 0.165 e. The predicted octanol–water partition coefficient (Wildman–Crippen LogP) is 2.98. The summed E-state index contributed by atoms with van der Waals surface area (Å²) in [6.07, 6.45) is 1.98. The first-order valence-electron chi connectivity index (χ1n) is 6.38. The molecule has 18 heavy (non-hydrogen) atoms. The molecule has 2 rings (SSSR count). The second-order valence-corrected chi connectivity index (χ2v) is 4.77. The molecule has 0 spiro atoms. The van der Waals surface area contributed by atoms with Gasteiger partial charge in [0.05, 0.1) is 0 Å². The second-order valence-electron chi connectivity index (χ2n) is 4.77. The van der Waals surface area contributed by atoms with Gasteiger partial charge >= 0.3 is 0 Å².